The molecule has 0 N–H and O–H groups in total. The smallest absolute Gasteiger partial charge is 0.255 e. The topological polar surface area (TPSA) is 17.1 Å². The predicted molar refractivity (Wildman–Crippen MR) is 41.9 cm³/mol. The molecule has 0 bridgehead atoms. The first-order valence-electron chi connectivity index (χ1n) is 4.01. The third-order valence-corrected chi connectivity index (χ3v) is 1.81. The number of hydrogen-bond acceptors (Lipinski definition) is 1. The van der Waals surface area contributed by atoms with Gasteiger partial charge in [-0.05, 0) is 18.2 Å². The fraction of sp³-hybridized carbons (Fsp3) is 0.222. The Bertz CT molecular complexity index is 411. The lowest BCUT2D eigenvalue weighted by Gasteiger charge is -2.12. The first-order chi connectivity index (χ1) is 7.51. The summed E-state index contributed by atoms with van der Waals surface area (Å²) in [7, 11) is 0. The molecule has 0 saturated heterocycles. The third-order valence-electron chi connectivity index (χ3n) is 1.81. The minimum atomic E-state index is -5.09. The van der Waals surface area contributed by atoms with Crippen molar-refractivity contribution in [3.63, 3.8) is 0 Å². The maximum Gasteiger partial charge on any atom is 0.416 e. The number of benzene rings is 1. The summed E-state index contributed by atoms with van der Waals surface area (Å²) in [4.78, 5) is 10.2. The van der Waals surface area contributed by atoms with E-state index in [1.54, 1.807) is 0 Å². The summed E-state index contributed by atoms with van der Waals surface area (Å²) in [6.45, 7) is 0. The lowest BCUT2D eigenvalue weighted by molar-refractivity contribution is -0.143. The van der Waals surface area contributed by atoms with E-state index >= 15 is 0 Å². The van der Waals surface area contributed by atoms with Gasteiger partial charge in [-0.2, -0.15) is 30.7 Å². The minimum absolute atomic E-state index is 0.0254. The molecule has 0 aliphatic heterocycles. The van der Waals surface area contributed by atoms with Gasteiger partial charge in [-0.15, -0.1) is 0 Å². The summed E-state index contributed by atoms with van der Waals surface area (Å²) in [5, 5.41) is 0. The van der Waals surface area contributed by atoms with Crippen LogP contribution in [0.1, 0.15) is 21.5 Å². The van der Waals surface area contributed by atoms with E-state index in [0.29, 0.717) is 0 Å². The molecule has 17 heavy (non-hydrogen) atoms. The summed E-state index contributed by atoms with van der Waals surface area (Å²) in [6, 6.07) is -2.50. The maximum absolute atomic E-state index is 12.2. The molecule has 0 heterocycles. The fourth-order valence-corrected chi connectivity index (χ4v) is 1.07. The van der Waals surface area contributed by atoms with E-state index in [4.69, 9.17) is 0 Å². The zero-order chi connectivity index (χ0) is 13.4. The maximum atomic E-state index is 12.2. The van der Waals surface area contributed by atoms with Crippen molar-refractivity contribution in [1.82, 2.24) is 0 Å². The van der Waals surface area contributed by atoms with Gasteiger partial charge in [0.25, 0.3) is 0 Å². The van der Waals surface area contributed by atoms with Crippen molar-refractivity contribution in [3.05, 3.63) is 34.9 Å². The lowest BCUT2D eigenvalue weighted by atomic mass is 10.1. The highest BCUT2D eigenvalue weighted by atomic mass is 19.4. The molecule has 0 unspecified atom stereocenters. The second kappa shape index (κ2) is 4.01. The van der Waals surface area contributed by atoms with E-state index in [0.717, 1.165) is 0 Å². The van der Waals surface area contributed by atoms with Gasteiger partial charge in [0.1, 0.15) is 0 Å². The molecular formula is C9H3F7O. The molecule has 1 aromatic carbocycles. The van der Waals surface area contributed by atoms with Crippen LogP contribution in [0, 0.1) is 0 Å². The molecule has 0 aliphatic rings. The van der Waals surface area contributed by atoms with Crippen molar-refractivity contribution >= 4 is 6.04 Å². The second-order valence-corrected chi connectivity index (χ2v) is 3.07. The zero-order valence-electron chi connectivity index (χ0n) is 7.79. The van der Waals surface area contributed by atoms with E-state index in [1.165, 1.54) is 0 Å². The first-order valence-corrected chi connectivity index (χ1v) is 4.01. The van der Waals surface area contributed by atoms with E-state index in [1.807, 2.05) is 0 Å². The van der Waals surface area contributed by atoms with Gasteiger partial charge in [-0.3, -0.25) is 4.79 Å². The quantitative estimate of drug-likeness (QED) is 0.554. The van der Waals surface area contributed by atoms with E-state index < -0.39 is 35.1 Å². The molecule has 0 atom stereocenters. The Morgan fingerprint density at radius 3 is 1.41 bits per heavy atom. The number of rotatable bonds is 1. The zero-order valence-corrected chi connectivity index (χ0v) is 7.79. The van der Waals surface area contributed by atoms with Crippen molar-refractivity contribution in [3.8, 4) is 0 Å². The molecular weight excluding hydrogens is 257 g/mol. The number of alkyl halides is 6. The molecule has 0 amide bonds. The Labute approximate surface area is 89.8 Å². The average molecular weight is 260 g/mol. The van der Waals surface area contributed by atoms with Gasteiger partial charge in [0.15, 0.2) is 0 Å². The number of carbonyl (C=O) groups is 1. The van der Waals surface area contributed by atoms with Crippen LogP contribution >= 0.6 is 0 Å². The highest BCUT2D eigenvalue weighted by molar-refractivity contribution is 5.88. The Kier molecular flexibility index (Phi) is 3.17. The van der Waals surface area contributed by atoms with Crippen LogP contribution in [0.2, 0.25) is 0 Å². The SMILES string of the molecule is O=C(F)c1cc(C(F)(F)F)cc(C(F)(F)F)c1. The van der Waals surface area contributed by atoms with Crippen molar-refractivity contribution in [1.29, 1.82) is 0 Å². The van der Waals surface area contributed by atoms with Crippen LogP contribution in [0.5, 0.6) is 0 Å². The van der Waals surface area contributed by atoms with E-state index in [2.05, 4.69) is 0 Å². The molecule has 1 aromatic rings. The predicted octanol–water partition coefficient (Wildman–Crippen LogP) is 3.83. The van der Waals surface area contributed by atoms with Gasteiger partial charge in [-0.25, -0.2) is 0 Å². The summed E-state index contributed by atoms with van der Waals surface area (Å²) in [5.41, 5.74) is -4.74. The molecule has 94 valence electrons. The highest BCUT2D eigenvalue weighted by Gasteiger charge is 2.37. The summed E-state index contributed by atoms with van der Waals surface area (Å²) >= 11 is 0. The second-order valence-electron chi connectivity index (χ2n) is 3.07. The van der Waals surface area contributed by atoms with Crippen LogP contribution in [0.3, 0.4) is 0 Å². The summed E-state index contributed by atoms with van der Waals surface area (Å²) in [5.74, 6) is 0. The largest absolute Gasteiger partial charge is 0.416 e. The fourth-order valence-electron chi connectivity index (χ4n) is 1.07. The summed E-state index contributed by atoms with van der Waals surface area (Å²) < 4.78 is 85.4. The summed E-state index contributed by atoms with van der Waals surface area (Å²) in [6.07, 6.45) is -10.2. The van der Waals surface area contributed by atoms with Crippen molar-refractivity contribution < 1.29 is 35.5 Å². The number of carbonyl (C=O) groups excluding carboxylic acids is 1. The standard InChI is InChI=1S/C9H3F7O/c10-7(17)4-1-5(8(11,12)13)3-6(2-4)9(14,15)16/h1-3H. The van der Waals surface area contributed by atoms with Gasteiger partial charge in [0, 0.05) is 0 Å². The Balaban J connectivity index is 3.45. The monoisotopic (exact) mass is 260 g/mol. The van der Waals surface area contributed by atoms with Gasteiger partial charge in [-0.1, -0.05) is 0 Å². The van der Waals surface area contributed by atoms with Crippen LogP contribution in [0.15, 0.2) is 18.2 Å². The van der Waals surface area contributed by atoms with Gasteiger partial charge < -0.3 is 0 Å². The van der Waals surface area contributed by atoms with Crippen LogP contribution in [-0.2, 0) is 12.4 Å². The van der Waals surface area contributed by atoms with E-state index in [-0.39, 0.29) is 18.2 Å². The average Bonchev–Trinajstić information content (AvgIpc) is 2.14. The molecule has 8 heteroatoms. The van der Waals surface area contributed by atoms with Gasteiger partial charge in [0.05, 0.1) is 16.7 Å². The van der Waals surface area contributed by atoms with Crippen LogP contribution < -0.4 is 0 Å². The van der Waals surface area contributed by atoms with Crippen LogP contribution in [0.4, 0.5) is 30.7 Å². The van der Waals surface area contributed by atoms with Crippen molar-refractivity contribution in [2.24, 2.45) is 0 Å². The molecule has 0 radical (unpaired) electrons. The molecule has 0 spiro atoms. The Morgan fingerprint density at radius 2 is 1.18 bits per heavy atom. The lowest BCUT2D eigenvalue weighted by Crippen LogP contribution is -2.12. The van der Waals surface area contributed by atoms with Crippen LogP contribution in [-0.4, -0.2) is 6.04 Å². The van der Waals surface area contributed by atoms with Gasteiger partial charge in [0.2, 0.25) is 0 Å². The minimum Gasteiger partial charge on any atom is -0.255 e. The number of hydrogen-bond donors (Lipinski definition) is 0. The van der Waals surface area contributed by atoms with Crippen molar-refractivity contribution in [2.45, 2.75) is 12.4 Å². The molecule has 0 aliphatic carbocycles. The Hall–Kier alpha value is -1.60. The molecule has 0 saturated carbocycles. The molecule has 0 aromatic heterocycles. The van der Waals surface area contributed by atoms with Gasteiger partial charge >= 0.3 is 18.4 Å². The Morgan fingerprint density at radius 1 is 0.824 bits per heavy atom. The van der Waals surface area contributed by atoms with E-state index in [9.17, 15) is 35.5 Å². The molecule has 0 fully saturated rings. The first kappa shape index (κ1) is 13.5. The van der Waals surface area contributed by atoms with Crippen molar-refractivity contribution in [2.75, 3.05) is 0 Å². The molecule has 1 rings (SSSR count). The molecule has 1 nitrogen and oxygen atoms in total. The third kappa shape index (κ3) is 3.18. The highest BCUT2D eigenvalue weighted by Crippen LogP contribution is 2.36. The van der Waals surface area contributed by atoms with Crippen LogP contribution in [0.25, 0.3) is 0 Å². The normalized spacial score (nSPS) is 12.6. The number of halogens is 7.